The zero-order valence-corrected chi connectivity index (χ0v) is 18.0. The number of rotatable bonds is 19. The van der Waals surface area contributed by atoms with E-state index in [1.165, 1.54) is 71.1 Å². The van der Waals surface area contributed by atoms with Gasteiger partial charge in [0.1, 0.15) is 25.4 Å². The summed E-state index contributed by atoms with van der Waals surface area (Å²) in [6.45, 7) is 3.03. The normalized spacial score (nSPS) is 13.1. The van der Waals surface area contributed by atoms with Crippen molar-refractivity contribution in [3.05, 3.63) is 0 Å². The van der Waals surface area contributed by atoms with Crippen molar-refractivity contribution in [1.29, 1.82) is 0 Å². The van der Waals surface area contributed by atoms with Crippen molar-refractivity contribution in [2.45, 2.75) is 116 Å². The Bertz CT molecular complexity index is 383. The number of unbranched alkanes of at least 4 members (excludes halogenated alkanes) is 12. The monoisotopic (exact) mass is 402 g/mol. The van der Waals surface area contributed by atoms with Crippen molar-refractivity contribution in [2.75, 3.05) is 13.2 Å². The Balaban J connectivity index is 3.36. The topological polar surface area (TPSA) is 93.1 Å². The van der Waals surface area contributed by atoms with E-state index in [1.54, 1.807) is 0 Å². The second-order valence-electron chi connectivity index (χ2n) is 7.64. The molecule has 0 rings (SSSR count). The zero-order valence-electron chi connectivity index (χ0n) is 18.0. The molecule has 0 fully saturated rings. The second kappa shape index (κ2) is 19.2. The summed E-state index contributed by atoms with van der Waals surface area (Å²) in [5.41, 5.74) is 0. The van der Waals surface area contributed by atoms with Crippen LogP contribution in [-0.4, -0.2) is 47.6 Å². The minimum absolute atomic E-state index is 0.204. The quantitative estimate of drug-likeness (QED) is 0.247. The lowest BCUT2D eigenvalue weighted by molar-refractivity contribution is -0.158. The average Bonchev–Trinajstić information content (AvgIpc) is 2.67. The highest BCUT2D eigenvalue weighted by Gasteiger charge is 2.14. The lowest BCUT2D eigenvalue weighted by Gasteiger charge is -2.12. The molecule has 0 aliphatic heterocycles. The van der Waals surface area contributed by atoms with E-state index in [4.69, 9.17) is 9.84 Å². The summed E-state index contributed by atoms with van der Waals surface area (Å²) < 4.78 is 9.61. The molecule has 6 nitrogen and oxygen atoms in total. The molecule has 28 heavy (non-hydrogen) atoms. The SMILES string of the molecule is CCCCCCCCCCCCCCCC(=O)OCC(O)COC(=O)C(C)O. The molecule has 0 spiro atoms. The minimum Gasteiger partial charge on any atom is -0.463 e. The molecule has 0 aromatic heterocycles. The van der Waals surface area contributed by atoms with Crippen LogP contribution >= 0.6 is 0 Å². The van der Waals surface area contributed by atoms with Gasteiger partial charge in [-0.2, -0.15) is 0 Å². The largest absolute Gasteiger partial charge is 0.463 e. The van der Waals surface area contributed by atoms with Gasteiger partial charge in [-0.1, -0.05) is 84.0 Å². The summed E-state index contributed by atoms with van der Waals surface area (Å²) in [5, 5.41) is 18.5. The number of aliphatic hydroxyl groups is 2. The highest BCUT2D eigenvalue weighted by atomic mass is 16.6. The molecule has 0 aromatic rings. The first-order valence-electron chi connectivity index (χ1n) is 11.2. The van der Waals surface area contributed by atoms with Crippen LogP contribution in [0.2, 0.25) is 0 Å². The lowest BCUT2D eigenvalue weighted by Crippen LogP contribution is -2.28. The Morgan fingerprint density at radius 1 is 0.714 bits per heavy atom. The van der Waals surface area contributed by atoms with Gasteiger partial charge in [0.05, 0.1) is 0 Å². The van der Waals surface area contributed by atoms with E-state index in [-0.39, 0.29) is 19.2 Å². The van der Waals surface area contributed by atoms with Gasteiger partial charge in [0.25, 0.3) is 0 Å². The third kappa shape index (κ3) is 18.2. The Labute approximate surface area is 171 Å². The molecule has 6 heteroatoms. The van der Waals surface area contributed by atoms with Crippen LogP contribution in [0.4, 0.5) is 0 Å². The average molecular weight is 403 g/mol. The molecule has 0 aliphatic carbocycles. The van der Waals surface area contributed by atoms with Crippen LogP contribution in [0.25, 0.3) is 0 Å². The summed E-state index contributed by atoms with van der Waals surface area (Å²) in [4.78, 5) is 22.7. The second-order valence-corrected chi connectivity index (χ2v) is 7.64. The molecular formula is C22H42O6. The first-order chi connectivity index (χ1) is 13.5. The molecule has 0 radical (unpaired) electrons. The van der Waals surface area contributed by atoms with Crippen LogP contribution in [0.1, 0.15) is 104 Å². The predicted octanol–water partition coefficient (Wildman–Crippen LogP) is 4.30. The Morgan fingerprint density at radius 2 is 1.14 bits per heavy atom. The molecule has 0 heterocycles. The number of ether oxygens (including phenoxy) is 2. The number of esters is 2. The summed E-state index contributed by atoms with van der Waals surface area (Å²) in [5.74, 6) is -1.15. The van der Waals surface area contributed by atoms with Crippen molar-refractivity contribution < 1.29 is 29.3 Å². The number of hydrogen-bond acceptors (Lipinski definition) is 6. The maximum Gasteiger partial charge on any atom is 0.334 e. The van der Waals surface area contributed by atoms with Crippen LogP contribution in [0.15, 0.2) is 0 Å². The first kappa shape index (κ1) is 26.9. The van der Waals surface area contributed by atoms with Crippen molar-refractivity contribution in [1.82, 2.24) is 0 Å². The summed E-state index contributed by atoms with van der Waals surface area (Å²) in [6.07, 6.45) is 14.3. The van der Waals surface area contributed by atoms with E-state index >= 15 is 0 Å². The van der Waals surface area contributed by atoms with E-state index in [9.17, 15) is 14.7 Å². The molecule has 2 N–H and O–H groups in total. The molecule has 0 bridgehead atoms. The van der Waals surface area contributed by atoms with Gasteiger partial charge in [0.2, 0.25) is 0 Å². The summed E-state index contributed by atoms with van der Waals surface area (Å²) in [6, 6.07) is 0. The van der Waals surface area contributed by atoms with Crippen LogP contribution in [0.3, 0.4) is 0 Å². The van der Waals surface area contributed by atoms with Crippen molar-refractivity contribution in [3.8, 4) is 0 Å². The van der Waals surface area contributed by atoms with Gasteiger partial charge in [-0.15, -0.1) is 0 Å². The zero-order chi connectivity index (χ0) is 21.0. The van der Waals surface area contributed by atoms with Gasteiger partial charge in [0, 0.05) is 6.42 Å². The fourth-order valence-corrected chi connectivity index (χ4v) is 2.90. The maximum atomic E-state index is 11.6. The fraction of sp³-hybridized carbons (Fsp3) is 0.909. The van der Waals surface area contributed by atoms with Crippen LogP contribution in [0.5, 0.6) is 0 Å². The van der Waals surface area contributed by atoms with E-state index in [0.29, 0.717) is 6.42 Å². The van der Waals surface area contributed by atoms with Crippen molar-refractivity contribution in [2.24, 2.45) is 0 Å². The Morgan fingerprint density at radius 3 is 1.61 bits per heavy atom. The third-order valence-corrected chi connectivity index (χ3v) is 4.68. The van der Waals surface area contributed by atoms with E-state index < -0.39 is 18.2 Å². The Hall–Kier alpha value is -1.14. The molecule has 166 valence electrons. The number of aliphatic hydroxyl groups excluding tert-OH is 2. The maximum absolute atomic E-state index is 11.6. The molecule has 0 aliphatic rings. The molecule has 0 saturated carbocycles. The minimum atomic E-state index is -1.23. The standard InChI is InChI=1S/C22H42O6/c1-3-4-5-6-7-8-9-10-11-12-13-14-15-16-21(25)27-17-20(24)18-28-22(26)19(2)23/h19-20,23-24H,3-18H2,1-2H3. The molecule has 0 saturated heterocycles. The predicted molar refractivity (Wildman–Crippen MR) is 110 cm³/mol. The third-order valence-electron chi connectivity index (χ3n) is 4.68. The molecule has 0 amide bonds. The van der Waals surface area contributed by atoms with Gasteiger partial charge < -0.3 is 19.7 Å². The summed E-state index contributed by atoms with van der Waals surface area (Å²) >= 11 is 0. The molecule has 0 aromatic carbocycles. The summed E-state index contributed by atoms with van der Waals surface area (Å²) in [7, 11) is 0. The van der Waals surface area contributed by atoms with Gasteiger partial charge in [-0.05, 0) is 13.3 Å². The number of carbonyl (C=O) groups is 2. The highest BCUT2D eigenvalue weighted by Crippen LogP contribution is 2.13. The van der Waals surface area contributed by atoms with Gasteiger partial charge in [-0.3, -0.25) is 4.79 Å². The molecule has 2 atom stereocenters. The van der Waals surface area contributed by atoms with Gasteiger partial charge >= 0.3 is 11.9 Å². The molecular weight excluding hydrogens is 360 g/mol. The van der Waals surface area contributed by atoms with Crippen LogP contribution < -0.4 is 0 Å². The number of hydrogen-bond donors (Lipinski definition) is 2. The van der Waals surface area contributed by atoms with Gasteiger partial charge in [-0.25, -0.2) is 4.79 Å². The van der Waals surface area contributed by atoms with E-state index in [1.807, 2.05) is 0 Å². The fourth-order valence-electron chi connectivity index (χ4n) is 2.90. The molecule has 2 unspecified atom stereocenters. The smallest absolute Gasteiger partial charge is 0.334 e. The van der Waals surface area contributed by atoms with E-state index in [0.717, 1.165) is 19.3 Å². The lowest BCUT2D eigenvalue weighted by atomic mass is 10.0. The van der Waals surface area contributed by atoms with Crippen molar-refractivity contribution >= 4 is 11.9 Å². The van der Waals surface area contributed by atoms with Crippen LogP contribution in [0, 0.1) is 0 Å². The Kier molecular flexibility index (Phi) is 18.4. The van der Waals surface area contributed by atoms with Crippen molar-refractivity contribution in [3.63, 3.8) is 0 Å². The van der Waals surface area contributed by atoms with Crippen LogP contribution in [-0.2, 0) is 19.1 Å². The first-order valence-corrected chi connectivity index (χ1v) is 11.2. The van der Waals surface area contributed by atoms with Gasteiger partial charge in [0.15, 0.2) is 0 Å². The van der Waals surface area contributed by atoms with E-state index in [2.05, 4.69) is 11.7 Å². The highest BCUT2D eigenvalue weighted by molar-refractivity contribution is 5.73. The number of carbonyl (C=O) groups excluding carboxylic acids is 2.